The molecule has 1 atom stereocenters. The SMILES string of the molecule is Cc1nc(Nc2ncccc2C)cc(C2CCCN2C(=O)/C=C/c2ccccc2)n1. The van der Waals surface area contributed by atoms with E-state index in [-0.39, 0.29) is 11.9 Å². The summed E-state index contributed by atoms with van der Waals surface area (Å²) in [5, 5.41) is 3.29. The van der Waals surface area contributed by atoms with Crippen LogP contribution in [-0.4, -0.2) is 32.3 Å². The molecule has 0 spiro atoms. The van der Waals surface area contributed by atoms with Crippen LogP contribution in [0, 0.1) is 13.8 Å². The maximum Gasteiger partial charge on any atom is 0.247 e. The molecule has 6 nitrogen and oxygen atoms in total. The Hall–Kier alpha value is -3.54. The number of hydrogen-bond acceptors (Lipinski definition) is 5. The van der Waals surface area contributed by atoms with Crippen molar-refractivity contribution >= 4 is 23.6 Å². The minimum Gasteiger partial charge on any atom is -0.331 e. The van der Waals surface area contributed by atoms with Gasteiger partial charge in [-0.2, -0.15) is 0 Å². The molecule has 1 unspecified atom stereocenters. The van der Waals surface area contributed by atoms with E-state index < -0.39 is 0 Å². The predicted octanol–water partition coefficient (Wildman–Crippen LogP) is 4.61. The van der Waals surface area contributed by atoms with Crippen molar-refractivity contribution in [2.24, 2.45) is 0 Å². The van der Waals surface area contributed by atoms with E-state index in [0.29, 0.717) is 11.6 Å². The number of nitrogens with zero attached hydrogens (tertiary/aromatic N) is 4. The molecule has 6 heteroatoms. The van der Waals surface area contributed by atoms with Crippen LogP contribution < -0.4 is 5.32 Å². The second-order valence-corrected chi connectivity index (χ2v) is 7.45. The zero-order valence-corrected chi connectivity index (χ0v) is 17.2. The van der Waals surface area contributed by atoms with Crippen LogP contribution in [0.3, 0.4) is 0 Å². The summed E-state index contributed by atoms with van der Waals surface area (Å²) in [5.74, 6) is 2.14. The van der Waals surface area contributed by atoms with E-state index in [1.54, 1.807) is 12.3 Å². The number of nitrogens with one attached hydrogen (secondary N) is 1. The monoisotopic (exact) mass is 399 g/mol. The summed E-state index contributed by atoms with van der Waals surface area (Å²) in [6.45, 7) is 4.60. The van der Waals surface area contributed by atoms with Gasteiger partial charge in [0.05, 0.1) is 11.7 Å². The van der Waals surface area contributed by atoms with Gasteiger partial charge in [-0.1, -0.05) is 36.4 Å². The van der Waals surface area contributed by atoms with Gasteiger partial charge >= 0.3 is 0 Å². The van der Waals surface area contributed by atoms with E-state index in [0.717, 1.165) is 42.0 Å². The molecule has 3 aromatic rings. The Morgan fingerprint density at radius 1 is 1.13 bits per heavy atom. The van der Waals surface area contributed by atoms with Crippen LogP contribution in [-0.2, 0) is 4.79 Å². The highest BCUT2D eigenvalue weighted by Crippen LogP contribution is 2.32. The summed E-state index contributed by atoms with van der Waals surface area (Å²) >= 11 is 0. The molecule has 1 amide bonds. The second-order valence-electron chi connectivity index (χ2n) is 7.45. The molecule has 4 rings (SSSR count). The Labute approximate surface area is 176 Å². The van der Waals surface area contributed by atoms with Gasteiger partial charge in [0.1, 0.15) is 17.5 Å². The summed E-state index contributed by atoms with van der Waals surface area (Å²) in [4.78, 5) is 28.3. The first kappa shape index (κ1) is 19.8. The number of amides is 1. The molecule has 3 heterocycles. The van der Waals surface area contributed by atoms with E-state index in [9.17, 15) is 4.79 Å². The van der Waals surface area contributed by atoms with Crippen LogP contribution >= 0.6 is 0 Å². The molecule has 0 bridgehead atoms. The van der Waals surface area contributed by atoms with Crippen LogP contribution in [0.5, 0.6) is 0 Å². The fourth-order valence-corrected chi connectivity index (χ4v) is 3.73. The molecule has 2 aromatic heterocycles. The molecule has 1 aliphatic rings. The fourth-order valence-electron chi connectivity index (χ4n) is 3.73. The molecule has 152 valence electrons. The van der Waals surface area contributed by atoms with Gasteiger partial charge in [0.2, 0.25) is 5.91 Å². The van der Waals surface area contributed by atoms with Crippen molar-refractivity contribution in [3.05, 3.63) is 83.4 Å². The molecular weight excluding hydrogens is 374 g/mol. The highest BCUT2D eigenvalue weighted by Gasteiger charge is 2.30. The Kier molecular flexibility index (Phi) is 5.84. The number of aryl methyl sites for hydroxylation is 2. The van der Waals surface area contributed by atoms with Crippen LogP contribution in [0.25, 0.3) is 6.08 Å². The van der Waals surface area contributed by atoms with Crippen molar-refractivity contribution in [3.63, 3.8) is 0 Å². The molecule has 1 fully saturated rings. The first-order valence-electron chi connectivity index (χ1n) is 10.2. The lowest BCUT2D eigenvalue weighted by molar-refractivity contribution is -0.126. The Morgan fingerprint density at radius 2 is 1.97 bits per heavy atom. The van der Waals surface area contributed by atoms with E-state index in [2.05, 4.69) is 20.3 Å². The molecule has 30 heavy (non-hydrogen) atoms. The number of anilines is 2. The molecule has 0 radical (unpaired) electrons. The number of aromatic nitrogens is 3. The lowest BCUT2D eigenvalue weighted by Gasteiger charge is -2.23. The molecule has 1 saturated heterocycles. The van der Waals surface area contributed by atoms with Crippen LogP contribution in [0.4, 0.5) is 11.6 Å². The normalized spacial score (nSPS) is 16.2. The Balaban J connectivity index is 1.55. The van der Waals surface area contributed by atoms with Gasteiger partial charge in [0, 0.05) is 24.9 Å². The zero-order chi connectivity index (χ0) is 20.9. The topological polar surface area (TPSA) is 71.0 Å². The maximum absolute atomic E-state index is 12.9. The van der Waals surface area contributed by atoms with Crippen LogP contribution in [0.15, 0.2) is 60.8 Å². The number of carbonyl (C=O) groups is 1. The molecule has 1 N–H and O–H groups in total. The number of carbonyl (C=O) groups excluding carboxylic acids is 1. The average molecular weight is 399 g/mol. The number of hydrogen-bond donors (Lipinski definition) is 1. The van der Waals surface area contributed by atoms with Gasteiger partial charge in [-0.25, -0.2) is 15.0 Å². The molecular formula is C24H25N5O. The lowest BCUT2D eigenvalue weighted by Crippen LogP contribution is -2.29. The number of benzene rings is 1. The minimum absolute atomic E-state index is 0.00713. The predicted molar refractivity (Wildman–Crippen MR) is 118 cm³/mol. The third-order valence-corrected chi connectivity index (χ3v) is 5.21. The van der Waals surface area contributed by atoms with E-state index in [1.807, 2.05) is 73.4 Å². The smallest absolute Gasteiger partial charge is 0.247 e. The Bertz CT molecular complexity index is 1060. The second kappa shape index (κ2) is 8.86. The van der Waals surface area contributed by atoms with Crippen molar-refractivity contribution in [2.75, 3.05) is 11.9 Å². The zero-order valence-electron chi connectivity index (χ0n) is 17.2. The van der Waals surface area contributed by atoms with Crippen LogP contribution in [0.1, 0.15) is 41.5 Å². The molecule has 1 aliphatic heterocycles. The standard InChI is InChI=1S/C24H25N5O/c1-17-8-6-14-25-24(17)28-22-16-20(26-18(2)27-22)21-11-7-15-29(21)23(30)13-12-19-9-4-3-5-10-19/h3-6,8-10,12-14,16,21H,7,11,15H2,1-2H3,(H,25,26,27,28)/b13-12+. The van der Waals surface area contributed by atoms with Crippen molar-refractivity contribution < 1.29 is 4.79 Å². The summed E-state index contributed by atoms with van der Waals surface area (Å²) < 4.78 is 0. The lowest BCUT2D eigenvalue weighted by atomic mass is 10.1. The van der Waals surface area contributed by atoms with Crippen molar-refractivity contribution in [1.29, 1.82) is 0 Å². The highest BCUT2D eigenvalue weighted by molar-refractivity contribution is 5.92. The van der Waals surface area contributed by atoms with Gasteiger partial charge < -0.3 is 10.2 Å². The van der Waals surface area contributed by atoms with E-state index in [4.69, 9.17) is 0 Å². The number of likely N-dealkylation sites (tertiary alicyclic amines) is 1. The first-order chi connectivity index (χ1) is 14.6. The van der Waals surface area contributed by atoms with Crippen molar-refractivity contribution in [1.82, 2.24) is 19.9 Å². The summed E-state index contributed by atoms with van der Waals surface area (Å²) in [6, 6.07) is 15.6. The third kappa shape index (κ3) is 4.54. The Morgan fingerprint density at radius 3 is 2.77 bits per heavy atom. The van der Waals surface area contributed by atoms with Gasteiger partial charge in [0.25, 0.3) is 0 Å². The first-order valence-corrected chi connectivity index (χ1v) is 10.2. The fraction of sp³-hybridized carbons (Fsp3) is 0.250. The van der Waals surface area contributed by atoms with Crippen molar-refractivity contribution in [3.8, 4) is 0 Å². The van der Waals surface area contributed by atoms with E-state index >= 15 is 0 Å². The number of rotatable bonds is 5. The summed E-state index contributed by atoms with van der Waals surface area (Å²) in [7, 11) is 0. The van der Waals surface area contributed by atoms with Gasteiger partial charge in [-0.05, 0) is 50.0 Å². The van der Waals surface area contributed by atoms with E-state index in [1.165, 1.54) is 0 Å². The largest absolute Gasteiger partial charge is 0.331 e. The quantitative estimate of drug-likeness (QED) is 0.635. The van der Waals surface area contributed by atoms with Gasteiger partial charge in [-0.3, -0.25) is 4.79 Å². The number of pyridine rings is 1. The summed E-state index contributed by atoms with van der Waals surface area (Å²) in [6.07, 6.45) is 7.11. The van der Waals surface area contributed by atoms with Crippen LogP contribution in [0.2, 0.25) is 0 Å². The average Bonchev–Trinajstić information content (AvgIpc) is 3.24. The van der Waals surface area contributed by atoms with Gasteiger partial charge in [-0.15, -0.1) is 0 Å². The van der Waals surface area contributed by atoms with Crippen molar-refractivity contribution in [2.45, 2.75) is 32.7 Å². The molecule has 1 aromatic carbocycles. The minimum atomic E-state index is -0.0509. The maximum atomic E-state index is 12.9. The third-order valence-electron chi connectivity index (χ3n) is 5.21. The summed E-state index contributed by atoms with van der Waals surface area (Å²) in [5.41, 5.74) is 2.91. The molecule has 0 saturated carbocycles. The molecule has 0 aliphatic carbocycles. The highest BCUT2D eigenvalue weighted by atomic mass is 16.2. The van der Waals surface area contributed by atoms with Gasteiger partial charge in [0.15, 0.2) is 0 Å².